The molecule has 0 saturated heterocycles. The van der Waals surface area contributed by atoms with Crippen molar-refractivity contribution >= 4 is 11.9 Å². The van der Waals surface area contributed by atoms with E-state index < -0.39 is 5.41 Å². The van der Waals surface area contributed by atoms with Gasteiger partial charge in [-0.05, 0) is 34.6 Å². The lowest BCUT2D eigenvalue weighted by Gasteiger charge is -2.23. The number of rotatable bonds is 6. The molecule has 0 aliphatic heterocycles. The second kappa shape index (κ2) is 6.73. The Labute approximate surface area is 110 Å². The van der Waals surface area contributed by atoms with E-state index in [9.17, 15) is 9.59 Å². The standard InChI is InChI=1S/C13H26N2O3/c1-12(2,3)15-10(16)7-8-14-9-13(4,5)11(17)18-6/h14H,7-9H2,1-6H3,(H,15,16). The third-order valence-corrected chi connectivity index (χ3v) is 2.35. The number of methoxy groups -OCH3 is 1. The molecule has 0 rings (SSSR count). The monoisotopic (exact) mass is 258 g/mol. The molecule has 0 unspecified atom stereocenters. The maximum atomic E-state index is 11.5. The van der Waals surface area contributed by atoms with Crippen molar-refractivity contribution in [1.82, 2.24) is 10.6 Å². The summed E-state index contributed by atoms with van der Waals surface area (Å²) < 4.78 is 4.70. The van der Waals surface area contributed by atoms with Gasteiger partial charge >= 0.3 is 5.97 Å². The SMILES string of the molecule is COC(=O)C(C)(C)CNCCC(=O)NC(C)(C)C. The molecule has 0 bridgehead atoms. The number of ether oxygens (including phenoxy) is 1. The molecule has 0 aliphatic rings. The van der Waals surface area contributed by atoms with Crippen molar-refractivity contribution in [2.45, 2.75) is 46.6 Å². The van der Waals surface area contributed by atoms with Gasteiger partial charge in [0.2, 0.25) is 5.91 Å². The predicted octanol–water partition coefficient (Wildman–Crippen LogP) is 1.08. The van der Waals surface area contributed by atoms with Gasteiger partial charge in [0.25, 0.3) is 0 Å². The maximum absolute atomic E-state index is 11.5. The van der Waals surface area contributed by atoms with Gasteiger partial charge in [-0.2, -0.15) is 0 Å². The van der Waals surface area contributed by atoms with Gasteiger partial charge < -0.3 is 15.4 Å². The quantitative estimate of drug-likeness (QED) is 0.552. The van der Waals surface area contributed by atoms with Crippen molar-refractivity contribution in [1.29, 1.82) is 0 Å². The average Bonchev–Trinajstić information content (AvgIpc) is 2.20. The van der Waals surface area contributed by atoms with E-state index in [0.29, 0.717) is 19.5 Å². The first-order valence-electron chi connectivity index (χ1n) is 6.18. The minimum atomic E-state index is -0.574. The fraction of sp³-hybridized carbons (Fsp3) is 0.846. The lowest BCUT2D eigenvalue weighted by atomic mass is 9.94. The Morgan fingerprint density at radius 3 is 2.11 bits per heavy atom. The molecular formula is C13H26N2O3. The van der Waals surface area contributed by atoms with Crippen LogP contribution in [0, 0.1) is 5.41 Å². The van der Waals surface area contributed by atoms with Crippen molar-refractivity contribution in [3.05, 3.63) is 0 Å². The number of carbonyl (C=O) groups excluding carboxylic acids is 2. The minimum Gasteiger partial charge on any atom is -0.469 e. The molecule has 0 aliphatic carbocycles. The molecule has 0 heterocycles. The predicted molar refractivity (Wildman–Crippen MR) is 71.2 cm³/mol. The van der Waals surface area contributed by atoms with Gasteiger partial charge in [-0.3, -0.25) is 9.59 Å². The molecule has 2 N–H and O–H groups in total. The highest BCUT2D eigenvalue weighted by molar-refractivity contribution is 5.77. The van der Waals surface area contributed by atoms with Crippen LogP contribution in [-0.2, 0) is 14.3 Å². The fourth-order valence-corrected chi connectivity index (χ4v) is 1.43. The van der Waals surface area contributed by atoms with Crippen LogP contribution in [0.25, 0.3) is 0 Å². The highest BCUT2D eigenvalue weighted by atomic mass is 16.5. The summed E-state index contributed by atoms with van der Waals surface area (Å²) in [6.45, 7) is 10.5. The Hall–Kier alpha value is -1.10. The van der Waals surface area contributed by atoms with Crippen LogP contribution in [0.5, 0.6) is 0 Å². The Balaban J connectivity index is 3.87. The van der Waals surface area contributed by atoms with Crippen molar-refractivity contribution in [3.8, 4) is 0 Å². The van der Waals surface area contributed by atoms with Crippen molar-refractivity contribution in [2.24, 2.45) is 5.41 Å². The Morgan fingerprint density at radius 1 is 1.11 bits per heavy atom. The topological polar surface area (TPSA) is 67.4 Å². The van der Waals surface area contributed by atoms with Crippen LogP contribution in [0.15, 0.2) is 0 Å². The van der Waals surface area contributed by atoms with Gasteiger partial charge in [0.15, 0.2) is 0 Å². The van der Waals surface area contributed by atoms with Gasteiger partial charge in [0.1, 0.15) is 0 Å². The van der Waals surface area contributed by atoms with Gasteiger partial charge in [-0.25, -0.2) is 0 Å². The molecule has 0 aromatic rings. The van der Waals surface area contributed by atoms with Crippen molar-refractivity contribution < 1.29 is 14.3 Å². The van der Waals surface area contributed by atoms with E-state index in [-0.39, 0.29) is 17.4 Å². The molecule has 18 heavy (non-hydrogen) atoms. The highest BCUT2D eigenvalue weighted by Crippen LogP contribution is 2.15. The minimum absolute atomic E-state index is 0.00544. The largest absolute Gasteiger partial charge is 0.469 e. The summed E-state index contributed by atoms with van der Waals surface area (Å²) in [5.41, 5.74) is -0.780. The van der Waals surface area contributed by atoms with E-state index in [4.69, 9.17) is 4.74 Å². The van der Waals surface area contributed by atoms with E-state index >= 15 is 0 Å². The number of amides is 1. The summed E-state index contributed by atoms with van der Waals surface area (Å²) in [7, 11) is 1.38. The summed E-state index contributed by atoms with van der Waals surface area (Å²) >= 11 is 0. The molecule has 1 amide bonds. The van der Waals surface area contributed by atoms with Gasteiger partial charge in [0.05, 0.1) is 12.5 Å². The first kappa shape index (κ1) is 16.9. The Morgan fingerprint density at radius 2 is 1.67 bits per heavy atom. The zero-order valence-corrected chi connectivity index (χ0v) is 12.3. The second-order valence-electron chi connectivity index (χ2n) is 6.10. The smallest absolute Gasteiger partial charge is 0.312 e. The zero-order chi connectivity index (χ0) is 14.4. The van der Waals surface area contributed by atoms with E-state index in [1.54, 1.807) is 13.8 Å². The second-order valence-corrected chi connectivity index (χ2v) is 6.10. The van der Waals surface area contributed by atoms with Crippen molar-refractivity contribution in [3.63, 3.8) is 0 Å². The molecular weight excluding hydrogens is 232 g/mol. The number of hydrogen-bond donors (Lipinski definition) is 2. The fourth-order valence-electron chi connectivity index (χ4n) is 1.43. The van der Waals surface area contributed by atoms with Crippen LogP contribution in [-0.4, -0.2) is 37.6 Å². The molecule has 0 fully saturated rings. The van der Waals surface area contributed by atoms with Crippen LogP contribution in [0.1, 0.15) is 41.0 Å². The number of hydrogen-bond acceptors (Lipinski definition) is 4. The Kier molecular flexibility index (Phi) is 6.32. The van der Waals surface area contributed by atoms with Gasteiger partial charge in [-0.1, -0.05) is 0 Å². The lowest BCUT2D eigenvalue weighted by molar-refractivity contribution is -0.150. The summed E-state index contributed by atoms with van der Waals surface area (Å²) in [6, 6.07) is 0. The zero-order valence-electron chi connectivity index (χ0n) is 12.3. The Bertz CT molecular complexity index is 293. The average molecular weight is 258 g/mol. The van der Waals surface area contributed by atoms with E-state index in [1.807, 2.05) is 20.8 Å². The molecule has 0 aromatic carbocycles. The summed E-state index contributed by atoms with van der Waals surface area (Å²) in [6.07, 6.45) is 0.397. The third-order valence-electron chi connectivity index (χ3n) is 2.35. The summed E-state index contributed by atoms with van der Waals surface area (Å²) in [5.74, 6) is -0.250. The van der Waals surface area contributed by atoms with Gasteiger partial charge in [-0.15, -0.1) is 0 Å². The molecule has 0 radical (unpaired) electrons. The van der Waals surface area contributed by atoms with Crippen LogP contribution >= 0.6 is 0 Å². The normalized spacial score (nSPS) is 12.1. The van der Waals surface area contributed by atoms with E-state index in [0.717, 1.165) is 0 Å². The molecule has 0 atom stereocenters. The summed E-state index contributed by atoms with van der Waals surface area (Å²) in [4.78, 5) is 22.9. The van der Waals surface area contributed by atoms with Crippen molar-refractivity contribution in [2.75, 3.05) is 20.2 Å². The molecule has 106 valence electrons. The molecule has 0 aromatic heterocycles. The van der Waals surface area contributed by atoms with Crippen LogP contribution in [0.2, 0.25) is 0 Å². The third kappa shape index (κ3) is 7.27. The lowest BCUT2D eigenvalue weighted by Crippen LogP contribution is -2.42. The van der Waals surface area contributed by atoms with Gasteiger partial charge in [0, 0.05) is 25.0 Å². The summed E-state index contributed by atoms with van der Waals surface area (Å²) in [5, 5.41) is 5.98. The first-order valence-corrected chi connectivity index (χ1v) is 6.18. The molecule has 0 spiro atoms. The molecule has 5 heteroatoms. The number of nitrogens with one attached hydrogen (secondary N) is 2. The first-order chi connectivity index (χ1) is 8.08. The van der Waals surface area contributed by atoms with E-state index in [2.05, 4.69) is 10.6 Å². The number of esters is 1. The van der Waals surface area contributed by atoms with Crippen LogP contribution in [0.3, 0.4) is 0 Å². The maximum Gasteiger partial charge on any atom is 0.312 e. The number of carbonyl (C=O) groups is 2. The van der Waals surface area contributed by atoms with Crippen LogP contribution < -0.4 is 10.6 Å². The van der Waals surface area contributed by atoms with Crippen LogP contribution in [0.4, 0.5) is 0 Å². The van der Waals surface area contributed by atoms with E-state index in [1.165, 1.54) is 7.11 Å². The highest BCUT2D eigenvalue weighted by Gasteiger charge is 2.28. The molecule has 5 nitrogen and oxygen atoms in total. The molecule has 0 saturated carbocycles.